The Balaban J connectivity index is 2.54. The molecule has 92 valence electrons. The summed E-state index contributed by atoms with van der Waals surface area (Å²) in [5.41, 5.74) is 1.69. The predicted molar refractivity (Wildman–Crippen MR) is 73.9 cm³/mol. The topological polar surface area (TPSA) is 34.1 Å². The zero-order chi connectivity index (χ0) is 13.0. The lowest BCUT2D eigenvalue weighted by Crippen LogP contribution is -2.03. The molecular weight excluding hydrogens is 268 g/mol. The Labute approximate surface area is 111 Å². The van der Waals surface area contributed by atoms with Crippen molar-refractivity contribution in [2.75, 3.05) is 0 Å². The van der Waals surface area contributed by atoms with Crippen LogP contribution in [0.5, 0.6) is 0 Å². The maximum Gasteiger partial charge on any atom is 0.208 e. The second-order valence-corrected chi connectivity index (χ2v) is 5.79. The largest absolute Gasteiger partial charge is 0.218 e. The fraction of sp³-hybridized carbons (Fsp3) is 0. The molecule has 0 atom stereocenters. The summed E-state index contributed by atoms with van der Waals surface area (Å²) in [6.07, 6.45) is 0. The van der Waals surface area contributed by atoms with Crippen molar-refractivity contribution < 1.29 is 8.42 Å². The summed E-state index contributed by atoms with van der Waals surface area (Å²) in [4.78, 5) is 0.344. The van der Waals surface area contributed by atoms with E-state index in [-0.39, 0.29) is 9.80 Å². The van der Waals surface area contributed by atoms with Gasteiger partial charge >= 0.3 is 0 Å². The highest BCUT2D eigenvalue weighted by Crippen LogP contribution is 2.28. The third-order valence-corrected chi connectivity index (χ3v) is 4.67. The van der Waals surface area contributed by atoms with Gasteiger partial charge in [0.25, 0.3) is 0 Å². The highest BCUT2D eigenvalue weighted by Gasteiger charge is 2.21. The smallest absolute Gasteiger partial charge is 0.208 e. The van der Waals surface area contributed by atoms with E-state index in [1.54, 1.807) is 54.6 Å². The number of benzene rings is 2. The Morgan fingerprint density at radius 3 is 1.89 bits per heavy atom. The Bertz CT molecular complexity index is 647. The van der Waals surface area contributed by atoms with Gasteiger partial charge in [-0.25, -0.2) is 8.42 Å². The highest BCUT2D eigenvalue weighted by molar-refractivity contribution is 8.00. The molecule has 0 heterocycles. The lowest BCUT2D eigenvalue weighted by molar-refractivity contribution is 0.606. The summed E-state index contributed by atoms with van der Waals surface area (Å²) < 4.78 is 24.8. The molecule has 0 N–H and O–H groups in total. The first-order chi connectivity index (χ1) is 8.66. The molecule has 18 heavy (non-hydrogen) atoms. The first kappa shape index (κ1) is 12.9. The van der Waals surface area contributed by atoms with Crippen LogP contribution in [0.1, 0.15) is 5.56 Å². The maximum absolute atomic E-state index is 12.4. The molecule has 0 spiro atoms. The second kappa shape index (κ2) is 5.38. The number of halogens is 1. The molecule has 0 aliphatic heterocycles. The van der Waals surface area contributed by atoms with Gasteiger partial charge in [0.1, 0.15) is 0 Å². The molecule has 2 rings (SSSR count). The number of hydrogen-bond acceptors (Lipinski definition) is 2. The molecule has 0 unspecified atom stereocenters. The van der Waals surface area contributed by atoms with E-state index in [2.05, 4.69) is 0 Å². The van der Waals surface area contributed by atoms with Crippen LogP contribution in [-0.4, -0.2) is 8.42 Å². The molecule has 0 amide bonds. The molecule has 0 aliphatic rings. The van der Waals surface area contributed by atoms with Crippen LogP contribution in [0.4, 0.5) is 0 Å². The van der Waals surface area contributed by atoms with Crippen LogP contribution in [0.3, 0.4) is 0 Å². The molecule has 0 aromatic heterocycles. The van der Waals surface area contributed by atoms with Crippen molar-refractivity contribution in [2.45, 2.75) is 4.90 Å². The molecule has 0 bridgehead atoms. The van der Waals surface area contributed by atoms with Gasteiger partial charge < -0.3 is 0 Å². The highest BCUT2D eigenvalue weighted by atomic mass is 35.5. The van der Waals surface area contributed by atoms with Crippen LogP contribution in [0.15, 0.2) is 71.1 Å². The Morgan fingerprint density at radius 2 is 1.39 bits per heavy atom. The molecule has 0 saturated heterocycles. The molecule has 0 radical (unpaired) electrons. The fourth-order valence-corrected chi connectivity index (χ4v) is 3.42. The van der Waals surface area contributed by atoms with E-state index >= 15 is 0 Å². The molecule has 0 fully saturated rings. The van der Waals surface area contributed by atoms with Gasteiger partial charge in [-0.3, -0.25) is 0 Å². The van der Waals surface area contributed by atoms with Gasteiger partial charge in [-0.05, 0) is 17.7 Å². The summed E-state index contributed by atoms with van der Waals surface area (Å²) in [5, 5.41) is 0. The van der Waals surface area contributed by atoms with Gasteiger partial charge in [-0.15, -0.1) is 0 Å². The monoisotopic (exact) mass is 278 g/mol. The number of sulfone groups is 1. The molecule has 4 heteroatoms. The number of rotatable bonds is 3. The molecule has 0 aliphatic carbocycles. The third-order valence-electron chi connectivity index (χ3n) is 2.50. The molecule has 0 saturated carbocycles. The van der Waals surface area contributed by atoms with E-state index in [0.717, 1.165) is 5.54 Å². The van der Waals surface area contributed by atoms with Crippen LogP contribution in [0.2, 0.25) is 0 Å². The van der Waals surface area contributed by atoms with E-state index in [9.17, 15) is 8.42 Å². The van der Waals surface area contributed by atoms with Gasteiger partial charge in [0.05, 0.1) is 9.80 Å². The van der Waals surface area contributed by atoms with Gasteiger partial charge in [-0.1, -0.05) is 60.1 Å². The number of hydrogen-bond donors (Lipinski definition) is 0. The zero-order valence-corrected chi connectivity index (χ0v) is 11.0. The van der Waals surface area contributed by atoms with Crippen LogP contribution in [0.25, 0.3) is 4.91 Å². The van der Waals surface area contributed by atoms with Crippen molar-refractivity contribution >= 4 is 26.3 Å². The van der Waals surface area contributed by atoms with E-state index < -0.39 is 9.84 Å². The van der Waals surface area contributed by atoms with Gasteiger partial charge in [0.2, 0.25) is 9.84 Å². The average Bonchev–Trinajstić information content (AvgIpc) is 2.41. The maximum atomic E-state index is 12.4. The SMILES string of the molecule is O=S(=O)(/C(=C/Cl)c1ccccc1)c1ccccc1. The van der Waals surface area contributed by atoms with E-state index in [4.69, 9.17) is 11.6 Å². The summed E-state index contributed by atoms with van der Waals surface area (Å²) in [6, 6.07) is 17.1. The minimum atomic E-state index is -3.58. The van der Waals surface area contributed by atoms with Crippen molar-refractivity contribution in [3.05, 3.63) is 71.8 Å². The fourth-order valence-electron chi connectivity index (χ4n) is 1.61. The quantitative estimate of drug-likeness (QED) is 0.858. The van der Waals surface area contributed by atoms with Crippen LogP contribution < -0.4 is 0 Å². The lowest BCUT2D eigenvalue weighted by atomic mass is 10.2. The minimum Gasteiger partial charge on any atom is -0.218 e. The first-order valence-corrected chi connectivity index (χ1v) is 7.24. The Hall–Kier alpha value is -1.58. The van der Waals surface area contributed by atoms with E-state index in [0.29, 0.717) is 5.56 Å². The standard InChI is InChI=1S/C14H11ClO2S/c15-11-14(12-7-3-1-4-8-12)18(16,17)13-9-5-2-6-10-13/h1-11H/b14-11+. The van der Waals surface area contributed by atoms with Crippen LogP contribution >= 0.6 is 11.6 Å². The van der Waals surface area contributed by atoms with E-state index in [1.807, 2.05) is 6.07 Å². The second-order valence-electron chi connectivity index (χ2n) is 3.66. The Kier molecular flexibility index (Phi) is 3.84. The minimum absolute atomic E-state index is 0.107. The van der Waals surface area contributed by atoms with Gasteiger partial charge in [-0.2, -0.15) is 0 Å². The normalized spacial score (nSPS) is 12.4. The summed E-state index contributed by atoms with van der Waals surface area (Å²) >= 11 is 5.70. The lowest BCUT2D eigenvalue weighted by Gasteiger charge is -2.08. The van der Waals surface area contributed by atoms with Crippen molar-refractivity contribution in [3.8, 4) is 0 Å². The van der Waals surface area contributed by atoms with Gasteiger partial charge in [0.15, 0.2) is 0 Å². The summed E-state index contributed by atoms with van der Waals surface area (Å²) in [7, 11) is -3.58. The summed E-state index contributed by atoms with van der Waals surface area (Å²) in [5.74, 6) is 0. The van der Waals surface area contributed by atoms with Crippen LogP contribution in [-0.2, 0) is 9.84 Å². The Morgan fingerprint density at radius 1 is 0.889 bits per heavy atom. The van der Waals surface area contributed by atoms with Crippen molar-refractivity contribution in [2.24, 2.45) is 0 Å². The average molecular weight is 279 g/mol. The zero-order valence-electron chi connectivity index (χ0n) is 9.45. The van der Waals surface area contributed by atoms with Crippen molar-refractivity contribution in [1.82, 2.24) is 0 Å². The van der Waals surface area contributed by atoms with Gasteiger partial charge in [0, 0.05) is 5.54 Å². The van der Waals surface area contributed by atoms with E-state index in [1.165, 1.54) is 0 Å². The molecule has 2 aromatic rings. The van der Waals surface area contributed by atoms with Crippen molar-refractivity contribution in [1.29, 1.82) is 0 Å². The van der Waals surface area contributed by atoms with Crippen molar-refractivity contribution in [3.63, 3.8) is 0 Å². The van der Waals surface area contributed by atoms with Crippen LogP contribution in [0, 0.1) is 0 Å². The third kappa shape index (κ3) is 2.47. The summed E-state index contributed by atoms with van der Waals surface area (Å²) in [6.45, 7) is 0. The first-order valence-electron chi connectivity index (χ1n) is 5.32. The predicted octanol–water partition coefficient (Wildman–Crippen LogP) is 3.70. The molecular formula is C14H11ClO2S. The molecule has 2 aromatic carbocycles. The molecule has 2 nitrogen and oxygen atoms in total.